The third-order valence-electron chi connectivity index (χ3n) is 3.36. The molecule has 1 aromatic carbocycles. The highest BCUT2D eigenvalue weighted by Gasteiger charge is 2.21. The van der Waals surface area contributed by atoms with Crippen LogP contribution in [0.3, 0.4) is 0 Å². The Labute approximate surface area is 112 Å². The average molecular weight is 265 g/mol. The molecule has 0 aliphatic carbocycles. The van der Waals surface area contributed by atoms with Crippen LogP contribution in [0.4, 0.5) is 0 Å². The second-order valence-electron chi connectivity index (χ2n) is 5.02. The summed E-state index contributed by atoms with van der Waals surface area (Å²) in [5, 5.41) is 14.3. The molecule has 2 rings (SSSR count). The highest BCUT2D eigenvalue weighted by Crippen LogP contribution is 2.28. The first-order valence-electron chi connectivity index (χ1n) is 5.99. The van der Waals surface area contributed by atoms with Gasteiger partial charge in [0.1, 0.15) is 5.75 Å². The van der Waals surface area contributed by atoms with E-state index in [4.69, 9.17) is 11.6 Å². The second-order valence-corrected chi connectivity index (χ2v) is 5.43. The van der Waals surface area contributed by atoms with Crippen LogP contribution in [-0.2, 0) is 5.41 Å². The summed E-state index contributed by atoms with van der Waals surface area (Å²) >= 11 is 5.90. The maximum Gasteiger partial charge on any atom is 0.134 e. The van der Waals surface area contributed by atoms with E-state index in [9.17, 15) is 5.11 Å². The molecule has 0 saturated heterocycles. The zero-order valence-corrected chi connectivity index (χ0v) is 11.6. The van der Waals surface area contributed by atoms with Gasteiger partial charge in [-0.1, -0.05) is 32.4 Å². The molecule has 18 heavy (non-hydrogen) atoms. The van der Waals surface area contributed by atoms with Gasteiger partial charge in [0.2, 0.25) is 0 Å². The average Bonchev–Trinajstić information content (AvgIpc) is 2.83. The Hall–Kier alpha value is -1.48. The molecular weight excluding hydrogens is 248 g/mol. The highest BCUT2D eigenvalue weighted by atomic mass is 35.5. The predicted molar refractivity (Wildman–Crippen MR) is 73.6 cm³/mol. The van der Waals surface area contributed by atoms with E-state index >= 15 is 0 Å². The van der Waals surface area contributed by atoms with Gasteiger partial charge in [0, 0.05) is 11.6 Å². The fourth-order valence-electron chi connectivity index (χ4n) is 1.65. The van der Waals surface area contributed by atoms with E-state index < -0.39 is 0 Å². The Bertz CT molecular complexity index is 561. The van der Waals surface area contributed by atoms with Crippen LogP contribution in [-0.4, -0.2) is 14.9 Å². The fourth-order valence-corrected chi connectivity index (χ4v) is 1.82. The number of aromatic hydroxyl groups is 1. The van der Waals surface area contributed by atoms with E-state index in [2.05, 4.69) is 25.9 Å². The number of rotatable bonds is 3. The first-order valence-corrected chi connectivity index (χ1v) is 6.37. The Balaban J connectivity index is 2.38. The molecule has 1 aromatic heterocycles. The van der Waals surface area contributed by atoms with Gasteiger partial charge in [-0.3, -0.25) is 0 Å². The Morgan fingerprint density at radius 3 is 2.67 bits per heavy atom. The van der Waals surface area contributed by atoms with Crippen LogP contribution in [0.2, 0.25) is 5.02 Å². The summed E-state index contributed by atoms with van der Waals surface area (Å²) in [5.41, 5.74) is 1.96. The molecule has 4 heteroatoms. The lowest BCUT2D eigenvalue weighted by molar-refractivity contribution is 0.475. The summed E-state index contributed by atoms with van der Waals surface area (Å²) in [6.45, 7) is 6.49. The predicted octanol–water partition coefficient (Wildman–Crippen LogP) is 3.92. The molecule has 0 aliphatic heterocycles. The molecule has 0 spiro atoms. The SMILES string of the molecule is CCC(C)(C)c1ccn(-c2ccc(O)c(Cl)c2)n1. The Kier molecular flexibility index (Phi) is 3.35. The molecule has 0 unspecified atom stereocenters. The molecule has 96 valence electrons. The summed E-state index contributed by atoms with van der Waals surface area (Å²) in [4.78, 5) is 0. The van der Waals surface area contributed by atoms with Crippen molar-refractivity contribution in [2.24, 2.45) is 0 Å². The summed E-state index contributed by atoms with van der Waals surface area (Å²) < 4.78 is 1.78. The summed E-state index contributed by atoms with van der Waals surface area (Å²) in [5.74, 6) is 0.0849. The quantitative estimate of drug-likeness (QED) is 0.912. The molecule has 3 nitrogen and oxygen atoms in total. The minimum Gasteiger partial charge on any atom is -0.506 e. The van der Waals surface area contributed by atoms with Crippen LogP contribution >= 0.6 is 11.6 Å². The van der Waals surface area contributed by atoms with E-state index in [0.29, 0.717) is 5.02 Å². The van der Waals surface area contributed by atoms with Crippen molar-refractivity contribution in [3.63, 3.8) is 0 Å². The molecule has 0 fully saturated rings. The Morgan fingerprint density at radius 1 is 1.33 bits per heavy atom. The zero-order chi connectivity index (χ0) is 13.3. The first-order chi connectivity index (χ1) is 8.44. The van der Waals surface area contributed by atoms with E-state index in [1.54, 1.807) is 22.9 Å². The topological polar surface area (TPSA) is 38.0 Å². The van der Waals surface area contributed by atoms with Crippen molar-refractivity contribution in [1.29, 1.82) is 0 Å². The van der Waals surface area contributed by atoms with Crippen molar-refractivity contribution in [3.05, 3.63) is 41.2 Å². The van der Waals surface area contributed by atoms with Crippen molar-refractivity contribution in [2.45, 2.75) is 32.6 Å². The number of phenolic OH excluding ortho intramolecular Hbond substituents is 1. The minimum atomic E-state index is 0.0615. The molecule has 0 aliphatic rings. The molecule has 0 saturated carbocycles. The van der Waals surface area contributed by atoms with Crippen LogP contribution in [0.15, 0.2) is 30.5 Å². The number of halogens is 1. The van der Waals surface area contributed by atoms with Crippen molar-refractivity contribution in [2.75, 3.05) is 0 Å². The van der Waals surface area contributed by atoms with Gasteiger partial charge in [-0.05, 0) is 30.7 Å². The normalized spacial score (nSPS) is 11.8. The molecule has 0 amide bonds. The number of hydrogen-bond donors (Lipinski definition) is 1. The van der Waals surface area contributed by atoms with Gasteiger partial charge in [0.25, 0.3) is 0 Å². The number of hydrogen-bond acceptors (Lipinski definition) is 2. The smallest absolute Gasteiger partial charge is 0.134 e. The third-order valence-corrected chi connectivity index (χ3v) is 3.66. The van der Waals surface area contributed by atoms with Crippen molar-refractivity contribution in [3.8, 4) is 11.4 Å². The summed E-state index contributed by atoms with van der Waals surface area (Å²) in [6.07, 6.45) is 2.94. The van der Waals surface area contributed by atoms with Gasteiger partial charge in [0.05, 0.1) is 16.4 Å². The zero-order valence-electron chi connectivity index (χ0n) is 10.8. The van der Waals surface area contributed by atoms with Crippen molar-refractivity contribution < 1.29 is 5.11 Å². The van der Waals surface area contributed by atoms with Gasteiger partial charge in [0.15, 0.2) is 0 Å². The largest absolute Gasteiger partial charge is 0.506 e. The van der Waals surface area contributed by atoms with E-state index in [1.807, 2.05) is 12.3 Å². The van der Waals surface area contributed by atoms with E-state index in [1.165, 1.54) is 0 Å². The van der Waals surface area contributed by atoms with Crippen LogP contribution < -0.4 is 0 Å². The van der Waals surface area contributed by atoms with Gasteiger partial charge >= 0.3 is 0 Å². The Morgan fingerprint density at radius 2 is 2.06 bits per heavy atom. The number of benzene rings is 1. The molecule has 0 radical (unpaired) electrons. The molecule has 0 atom stereocenters. The first kappa shape index (κ1) is 13.0. The molecule has 0 bridgehead atoms. The standard InChI is InChI=1S/C14H17ClN2O/c1-4-14(2,3)13-7-8-17(16-13)10-5-6-12(18)11(15)9-10/h5-9,18H,4H2,1-3H3. The van der Waals surface area contributed by atoms with E-state index in [0.717, 1.165) is 17.8 Å². The maximum absolute atomic E-state index is 9.40. The number of nitrogens with zero attached hydrogens (tertiary/aromatic N) is 2. The van der Waals surface area contributed by atoms with Crippen LogP contribution in [0.25, 0.3) is 5.69 Å². The lowest BCUT2D eigenvalue weighted by atomic mass is 9.87. The summed E-state index contributed by atoms with van der Waals surface area (Å²) in [6, 6.07) is 7.08. The van der Waals surface area contributed by atoms with Gasteiger partial charge in [-0.15, -0.1) is 0 Å². The monoisotopic (exact) mass is 264 g/mol. The second kappa shape index (κ2) is 4.65. The molecule has 1 N–H and O–H groups in total. The summed E-state index contributed by atoms with van der Waals surface area (Å²) in [7, 11) is 0. The molecule has 2 aromatic rings. The minimum absolute atomic E-state index is 0.0615. The van der Waals surface area contributed by atoms with Gasteiger partial charge in [-0.2, -0.15) is 5.10 Å². The lowest BCUT2D eigenvalue weighted by Crippen LogP contribution is -2.16. The van der Waals surface area contributed by atoms with E-state index in [-0.39, 0.29) is 11.2 Å². The third kappa shape index (κ3) is 2.36. The molecular formula is C14H17ClN2O. The van der Waals surface area contributed by atoms with Crippen molar-refractivity contribution in [1.82, 2.24) is 9.78 Å². The van der Waals surface area contributed by atoms with Crippen LogP contribution in [0.5, 0.6) is 5.75 Å². The highest BCUT2D eigenvalue weighted by molar-refractivity contribution is 6.32. The van der Waals surface area contributed by atoms with Crippen LogP contribution in [0.1, 0.15) is 32.9 Å². The van der Waals surface area contributed by atoms with Gasteiger partial charge < -0.3 is 5.11 Å². The number of phenols is 1. The molecule has 1 heterocycles. The van der Waals surface area contributed by atoms with Crippen molar-refractivity contribution >= 4 is 11.6 Å². The maximum atomic E-state index is 9.40. The number of aromatic nitrogens is 2. The van der Waals surface area contributed by atoms with Crippen LogP contribution in [0, 0.1) is 0 Å². The fraction of sp³-hybridized carbons (Fsp3) is 0.357. The van der Waals surface area contributed by atoms with Gasteiger partial charge in [-0.25, -0.2) is 4.68 Å². The lowest BCUT2D eigenvalue weighted by Gasteiger charge is -2.19.